The van der Waals surface area contributed by atoms with Crippen LogP contribution in [0.25, 0.3) is 0 Å². The van der Waals surface area contributed by atoms with Crippen molar-refractivity contribution < 1.29 is 8.42 Å². The molecule has 2 rings (SSSR count). The second-order valence-corrected chi connectivity index (χ2v) is 6.88. The zero-order valence-corrected chi connectivity index (χ0v) is 12.6. The van der Waals surface area contributed by atoms with E-state index in [4.69, 9.17) is 5.73 Å². The molecule has 2 aromatic rings. The quantitative estimate of drug-likeness (QED) is 0.823. The Balaban J connectivity index is 2.28. The van der Waals surface area contributed by atoms with Gasteiger partial charge in [-0.1, -0.05) is 0 Å². The maximum Gasteiger partial charge on any atom is 0.243 e. The lowest BCUT2D eigenvalue weighted by atomic mass is 10.3. The van der Waals surface area contributed by atoms with E-state index in [0.29, 0.717) is 16.0 Å². The van der Waals surface area contributed by atoms with E-state index in [2.05, 4.69) is 25.9 Å². The highest BCUT2D eigenvalue weighted by molar-refractivity contribution is 9.10. The second-order valence-electron chi connectivity index (χ2n) is 3.98. The fraction of sp³-hybridized carbons (Fsp3) is 0.182. The van der Waals surface area contributed by atoms with E-state index < -0.39 is 10.0 Å². The molecule has 0 saturated heterocycles. The van der Waals surface area contributed by atoms with Crippen LogP contribution in [0, 0.1) is 0 Å². The topological polar surface area (TPSA) is 92.1 Å². The predicted octanol–water partition coefficient (Wildman–Crippen LogP) is 1.58. The number of H-pyrrole nitrogens is 1. The minimum Gasteiger partial charge on any atom is -0.398 e. The zero-order valence-electron chi connectivity index (χ0n) is 10.2. The van der Waals surface area contributed by atoms with Gasteiger partial charge in [0, 0.05) is 29.6 Å². The summed E-state index contributed by atoms with van der Waals surface area (Å²) in [5.41, 5.74) is 6.09. The summed E-state index contributed by atoms with van der Waals surface area (Å²) >= 11 is 3.23. The van der Waals surface area contributed by atoms with Gasteiger partial charge in [-0.2, -0.15) is 4.31 Å². The first-order chi connectivity index (χ1) is 8.91. The van der Waals surface area contributed by atoms with Gasteiger partial charge in [0.25, 0.3) is 0 Å². The normalized spacial score (nSPS) is 11.9. The summed E-state index contributed by atoms with van der Waals surface area (Å²) in [5, 5.41) is 0. The molecule has 102 valence electrons. The van der Waals surface area contributed by atoms with Crippen LogP contribution < -0.4 is 5.73 Å². The highest BCUT2D eigenvalue weighted by Crippen LogP contribution is 2.24. The van der Waals surface area contributed by atoms with Crippen LogP contribution in [0.5, 0.6) is 0 Å². The van der Waals surface area contributed by atoms with Crippen molar-refractivity contribution in [2.45, 2.75) is 11.4 Å². The van der Waals surface area contributed by atoms with Crippen LogP contribution in [-0.4, -0.2) is 29.7 Å². The van der Waals surface area contributed by atoms with Gasteiger partial charge >= 0.3 is 0 Å². The van der Waals surface area contributed by atoms with Crippen molar-refractivity contribution in [1.82, 2.24) is 14.3 Å². The Kier molecular flexibility index (Phi) is 3.93. The lowest BCUT2D eigenvalue weighted by Gasteiger charge is -2.16. The average Bonchev–Trinajstić information content (AvgIpc) is 2.85. The molecule has 0 aliphatic carbocycles. The Morgan fingerprint density at radius 3 is 2.79 bits per heavy atom. The van der Waals surface area contributed by atoms with Crippen LogP contribution in [0.1, 0.15) is 5.82 Å². The lowest BCUT2D eigenvalue weighted by molar-refractivity contribution is 0.458. The Morgan fingerprint density at radius 2 is 2.21 bits per heavy atom. The van der Waals surface area contributed by atoms with Crippen LogP contribution in [0.2, 0.25) is 0 Å². The Labute approximate surface area is 119 Å². The molecule has 3 N–H and O–H groups in total. The molecule has 0 radical (unpaired) electrons. The summed E-state index contributed by atoms with van der Waals surface area (Å²) in [5.74, 6) is 0.580. The lowest BCUT2D eigenvalue weighted by Crippen LogP contribution is -2.27. The summed E-state index contributed by atoms with van der Waals surface area (Å²) < 4.78 is 26.6. The number of aromatic nitrogens is 2. The van der Waals surface area contributed by atoms with Gasteiger partial charge in [-0.3, -0.25) is 0 Å². The first kappa shape index (κ1) is 14.0. The number of aromatic amines is 1. The van der Waals surface area contributed by atoms with E-state index in [9.17, 15) is 8.42 Å². The van der Waals surface area contributed by atoms with E-state index in [0.717, 1.165) is 0 Å². The molecule has 0 atom stereocenters. The number of sulfonamides is 1. The molecule has 6 nitrogen and oxygen atoms in total. The number of hydrogen-bond donors (Lipinski definition) is 2. The smallest absolute Gasteiger partial charge is 0.243 e. The maximum atomic E-state index is 12.3. The molecule has 1 aromatic heterocycles. The number of imidazole rings is 1. The SMILES string of the molecule is CN(Cc1ncc[nH]1)S(=O)(=O)c1ccc(Br)c(N)c1. The molecule has 1 aromatic carbocycles. The van der Waals surface area contributed by atoms with Crippen LogP contribution in [0.15, 0.2) is 40.0 Å². The summed E-state index contributed by atoms with van der Waals surface area (Å²) in [7, 11) is -2.09. The number of benzene rings is 1. The molecular weight excluding hydrogens is 332 g/mol. The number of halogens is 1. The van der Waals surface area contributed by atoms with Crippen LogP contribution in [-0.2, 0) is 16.6 Å². The standard InChI is InChI=1S/C11H13BrN4O2S/c1-16(7-11-14-4-5-15-11)19(17,18)8-2-3-9(12)10(13)6-8/h2-6H,7,13H2,1H3,(H,14,15). The van der Waals surface area contributed by atoms with E-state index in [1.807, 2.05) is 0 Å². The number of nitrogen functional groups attached to an aromatic ring is 1. The van der Waals surface area contributed by atoms with Crippen LogP contribution >= 0.6 is 15.9 Å². The zero-order chi connectivity index (χ0) is 14.0. The molecule has 0 saturated carbocycles. The van der Waals surface area contributed by atoms with E-state index in [-0.39, 0.29) is 11.4 Å². The Bertz CT molecular complexity index is 670. The van der Waals surface area contributed by atoms with E-state index in [1.165, 1.54) is 23.5 Å². The van der Waals surface area contributed by atoms with E-state index >= 15 is 0 Å². The average molecular weight is 345 g/mol. The van der Waals surface area contributed by atoms with Gasteiger partial charge in [-0.15, -0.1) is 0 Å². The molecule has 0 bridgehead atoms. The minimum absolute atomic E-state index is 0.155. The van der Waals surface area contributed by atoms with Crippen molar-refractivity contribution in [3.05, 3.63) is 40.9 Å². The largest absolute Gasteiger partial charge is 0.398 e. The van der Waals surface area contributed by atoms with Crippen molar-refractivity contribution in [2.75, 3.05) is 12.8 Å². The predicted molar refractivity (Wildman–Crippen MR) is 75.8 cm³/mol. The van der Waals surface area contributed by atoms with Crippen molar-refractivity contribution in [3.63, 3.8) is 0 Å². The number of rotatable bonds is 4. The van der Waals surface area contributed by atoms with Crippen molar-refractivity contribution in [3.8, 4) is 0 Å². The molecule has 8 heteroatoms. The molecule has 0 spiro atoms. The molecular formula is C11H13BrN4O2S. The first-order valence-electron chi connectivity index (χ1n) is 5.41. The molecule has 0 aliphatic rings. The Morgan fingerprint density at radius 1 is 1.47 bits per heavy atom. The van der Waals surface area contributed by atoms with Crippen molar-refractivity contribution in [1.29, 1.82) is 0 Å². The summed E-state index contributed by atoms with van der Waals surface area (Å²) in [6, 6.07) is 4.55. The number of nitrogens with two attached hydrogens (primary N) is 1. The first-order valence-corrected chi connectivity index (χ1v) is 7.64. The number of nitrogens with one attached hydrogen (secondary N) is 1. The third kappa shape index (κ3) is 2.96. The fourth-order valence-electron chi connectivity index (χ4n) is 1.54. The van der Waals surface area contributed by atoms with Gasteiger partial charge in [0.05, 0.1) is 11.4 Å². The monoisotopic (exact) mass is 344 g/mol. The van der Waals surface area contributed by atoms with Crippen LogP contribution in [0.4, 0.5) is 5.69 Å². The number of nitrogens with zero attached hydrogens (tertiary/aromatic N) is 2. The third-order valence-electron chi connectivity index (χ3n) is 2.60. The summed E-state index contributed by atoms with van der Waals surface area (Å²) in [4.78, 5) is 7.02. The summed E-state index contributed by atoms with van der Waals surface area (Å²) in [6.07, 6.45) is 3.22. The highest BCUT2D eigenvalue weighted by atomic mass is 79.9. The van der Waals surface area contributed by atoms with Gasteiger partial charge < -0.3 is 10.7 Å². The van der Waals surface area contributed by atoms with Gasteiger partial charge in [-0.05, 0) is 34.1 Å². The summed E-state index contributed by atoms with van der Waals surface area (Å²) in [6.45, 7) is 0.172. The molecule has 19 heavy (non-hydrogen) atoms. The second kappa shape index (κ2) is 5.32. The highest BCUT2D eigenvalue weighted by Gasteiger charge is 2.22. The molecule has 0 aliphatic heterocycles. The molecule has 1 heterocycles. The van der Waals surface area contributed by atoms with Crippen molar-refractivity contribution >= 4 is 31.6 Å². The van der Waals surface area contributed by atoms with Gasteiger partial charge in [0.15, 0.2) is 0 Å². The molecule has 0 unspecified atom stereocenters. The fourth-order valence-corrected chi connectivity index (χ4v) is 2.96. The van der Waals surface area contributed by atoms with Crippen LogP contribution in [0.3, 0.4) is 0 Å². The van der Waals surface area contributed by atoms with Gasteiger partial charge in [-0.25, -0.2) is 13.4 Å². The number of hydrogen-bond acceptors (Lipinski definition) is 4. The number of anilines is 1. The third-order valence-corrected chi connectivity index (χ3v) is 5.12. The Hall–Kier alpha value is -1.38. The van der Waals surface area contributed by atoms with Gasteiger partial charge in [0.1, 0.15) is 5.82 Å². The van der Waals surface area contributed by atoms with Gasteiger partial charge in [0.2, 0.25) is 10.0 Å². The molecule has 0 fully saturated rings. The van der Waals surface area contributed by atoms with E-state index in [1.54, 1.807) is 18.5 Å². The minimum atomic E-state index is -3.58. The molecule has 0 amide bonds. The maximum absolute atomic E-state index is 12.3. The van der Waals surface area contributed by atoms with Crippen molar-refractivity contribution in [2.24, 2.45) is 0 Å².